The minimum atomic E-state index is -4.20. The summed E-state index contributed by atoms with van der Waals surface area (Å²) in [7, 11) is -4.20. The molecule has 0 unspecified atom stereocenters. The van der Waals surface area contributed by atoms with Crippen LogP contribution in [0.5, 0.6) is 11.5 Å². The summed E-state index contributed by atoms with van der Waals surface area (Å²) in [6.07, 6.45) is 2.17. The average molecular weight is 383 g/mol. The van der Waals surface area contributed by atoms with E-state index in [0.29, 0.717) is 12.8 Å². The molecule has 1 aromatic rings. The lowest BCUT2D eigenvalue weighted by molar-refractivity contribution is -0.0506. The number of aliphatic hydroxyl groups excluding tert-OH is 2. The maximum absolute atomic E-state index is 11.5. The van der Waals surface area contributed by atoms with Crippen LogP contribution < -0.4 is 9.32 Å². The number of phenolic OH excluding ortho intramolecular Hbond substituents is 1. The van der Waals surface area contributed by atoms with Crippen molar-refractivity contribution in [3.8, 4) is 11.5 Å². The van der Waals surface area contributed by atoms with E-state index in [9.17, 15) is 23.7 Å². The number of rotatable bonds is 2. The second-order valence-corrected chi connectivity index (χ2v) is 9.45. The molecule has 3 aliphatic carbocycles. The van der Waals surface area contributed by atoms with Crippen LogP contribution in [0.1, 0.15) is 49.7 Å². The summed E-state index contributed by atoms with van der Waals surface area (Å²) in [5.74, 6) is 0.496. The van der Waals surface area contributed by atoms with Gasteiger partial charge in [0.05, 0.1) is 12.2 Å². The Morgan fingerprint density at radius 2 is 2.00 bits per heavy atom. The highest BCUT2D eigenvalue weighted by Gasteiger charge is 2.58. The van der Waals surface area contributed by atoms with Crippen molar-refractivity contribution in [1.29, 1.82) is 0 Å². The first-order chi connectivity index (χ1) is 12.1. The maximum Gasteiger partial charge on any atom is 0.380 e. The van der Waals surface area contributed by atoms with E-state index >= 15 is 0 Å². The fourth-order valence-corrected chi connectivity index (χ4v) is 6.24. The summed E-state index contributed by atoms with van der Waals surface area (Å²) in [5.41, 5.74) is 1.36. The van der Waals surface area contributed by atoms with Gasteiger partial charge in [-0.05, 0) is 66.9 Å². The molecule has 8 heteroatoms. The fraction of sp³-hybridized carbons (Fsp3) is 0.667. The molecule has 0 amide bonds. The summed E-state index contributed by atoms with van der Waals surface area (Å²) in [5, 5.41) is 35.7. The van der Waals surface area contributed by atoms with Gasteiger partial charge < -0.3 is 19.5 Å². The van der Waals surface area contributed by atoms with Crippen LogP contribution in [0.15, 0.2) is 12.1 Å². The molecule has 0 spiro atoms. The zero-order valence-corrected chi connectivity index (χ0v) is 15.4. The molecule has 4 rings (SSSR count). The van der Waals surface area contributed by atoms with E-state index in [-0.39, 0.29) is 34.7 Å². The number of phenols is 1. The molecule has 26 heavy (non-hydrogen) atoms. The molecule has 1 aromatic carbocycles. The summed E-state index contributed by atoms with van der Waals surface area (Å²) >= 11 is 0. The summed E-state index contributed by atoms with van der Waals surface area (Å²) in [4.78, 5) is 0. The molecule has 6 atom stereocenters. The van der Waals surface area contributed by atoms with Crippen LogP contribution in [0.3, 0.4) is 0 Å². The molecule has 0 radical (unpaired) electrons. The molecule has 2 saturated carbocycles. The van der Waals surface area contributed by atoms with Crippen LogP contribution in [0.2, 0.25) is 0 Å². The number of aromatic hydroxyl groups is 1. The number of hydrogen-bond donors (Lipinski definition) is 4. The fourth-order valence-electron chi connectivity index (χ4n) is 5.85. The molecular formula is C18H25NO6S. The predicted octanol–water partition coefficient (Wildman–Crippen LogP) is 1.16. The Morgan fingerprint density at radius 3 is 2.69 bits per heavy atom. The maximum atomic E-state index is 11.5. The van der Waals surface area contributed by atoms with Gasteiger partial charge in [-0.15, -0.1) is 0 Å². The van der Waals surface area contributed by atoms with Gasteiger partial charge in [0.2, 0.25) is 0 Å². The molecule has 0 bridgehead atoms. The highest BCUT2D eigenvalue weighted by molar-refractivity contribution is 7.84. The van der Waals surface area contributed by atoms with Gasteiger partial charge in [-0.3, -0.25) is 0 Å². The summed E-state index contributed by atoms with van der Waals surface area (Å²) in [6, 6.07) is 2.96. The molecule has 2 fully saturated rings. The van der Waals surface area contributed by atoms with Crippen LogP contribution in [0, 0.1) is 17.3 Å². The Bertz CT molecular complexity index is 840. The molecule has 0 heterocycles. The topological polar surface area (TPSA) is 130 Å². The standard InChI is InChI=1S/C18H25NO6S/c1-18-5-4-12-11(13(18)8-14(21)17(18)22)3-2-9-6-10(20)7-15(16(9)12)25-26(19,23)24/h6-7,11-14,17,20-22H,2-5,8H2,1H3,(H2,19,23,24)/t11-,12+,13+,14-,17+,18+/m1/s1. The van der Waals surface area contributed by atoms with Gasteiger partial charge in [0.1, 0.15) is 5.75 Å². The number of benzene rings is 1. The molecule has 5 N–H and O–H groups in total. The number of aliphatic hydroxyl groups is 2. The Labute approximate surface area is 153 Å². The number of nitrogens with two attached hydrogens (primary N) is 1. The zero-order valence-electron chi connectivity index (χ0n) is 14.6. The highest BCUT2D eigenvalue weighted by atomic mass is 32.2. The van der Waals surface area contributed by atoms with E-state index in [2.05, 4.69) is 0 Å². The van der Waals surface area contributed by atoms with E-state index in [1.54, 1.807) is 6.07 Å². The quantitative estimate of drug-likeness (QED) is 0.606. The van der Waals surface area contributed by atoms with Crippen molar-refractivity contribution < 1.29 is 27.9 Å². The third-order valence-electron chi connectivity index (χ3n) is 6.95. The first kappa shape index (κ1) is 18.0. The lowest BCUT2D eigenvalue weighted by atomic mass is 9.55. The number of hydrogen-bond acceptors (Lipinski definition) is 6. The lowest BCUT2D eigenvalue weighted by Crippen LogP contribution is -2.45. The van der Waals surface area contributed by atoms with E-state index < -0.39 is 22.5 Å². The lowest BCUT2D eigenvalue weighted by Gasteiger charge is -2.50. The van der Waals surface area contributed by atoms with E-state index in [4.69, 9.17) is 9.32 Å². The summed E-state index contributed by atoms with van der Waals surface area (Å²) in [6.45, 7) is 2.04. The zero-order chi connectivity index (χ0) is 18.9. The Hall–Kier alpha value is -1.35. The molecule has 0 aliphatic heterocycles. The molecular weight excluding hydrogens is 358 g/mol. The average Bonchev–Trinajstić information content (AvgIpc) is 2.76. The Morgan fingerprint density at radius 1 is 1.27 bits per heavy atom. The molecule has 144 valence electrons. The third kappa shape index (κ3) is 2.70. The van der Waals surface area contributed by atoms with Crippen molar-refractivity contribution in [3.05, 3.63) is 23.3 Å². The first-order valence-electron chi connectivity index (χ1n) is 9.04. The Kier molecular flexibility index (Phi) is 4.04. The van der Waals surface area contributed by atoms with Gasteiger partial charge >= 0.3 is 10.3 Å². The molecule has 0 aromatic heterocycles. The van der Waals surface area contributed by atoms with Crippen molar-refractivity contribution in [2.75, 3.05) is 0 Å². The highest BCUT2D eigenvalue weighted by Crippen LogP contribution is 2.62. The van der Waals surface area contributed by atoms with Gasteiger partial charge in [-0.2, -0.15) is 13.6 Å². The van der Waals surface area contributed by atoms with E-state index in [1.807, 2.05) is 6.92 Å². The van der Waals surface area contributed by atoms with E-state index in [0.717, 1.165) is 30.4 Å². The van der Waals surface area contributed by atoms with Crippen LogP contribution in [-0.2, 0) is 16.7 Å². The third-order valence-corrected chi connectivity index (χ3v) is 7.36. The number of aryl methyl sites for hydroxylation is 1. The minimum Gasteiger partial charge on any atom is -0.508 e. The van der Waals surface area contributed by atoms with E-state index in [1.165, 1.54) is 6.07 Å². The molecule has 7 nitrogen and oxygen atoms in total. The molecule has 0 saturated heterocycles. The van der Waals surface area contributed by atoms with Crippen molar-refractivity contribution in [2.45, 2.75) is 57.2 Å². The van der Waals surface area contributed by atoms with Gasteiger partial charge in [0.25, 0.3) is 0 Å². The van der Waals surface area contributed by atoms with Crippen molar-refractivity contribution in [1.82, 2.24) is 0 Å². The van der Waals surface area contributed by atoms with Crippen LogP contribution >= 0.6 is 0 Å². The normalized spacial score (nSPS) is 39.0. The summed E-state index contributed by atoms with van der Waals surface area (Å²) < 4.78 is 28.0. The van der Waals surface area contributed by atoms with Crippen molar-refractivity contribution >= 4 is 10.3 Å². The van der Waals surface area contributed by atoms with Crippen LogP contribution in [0.25, 0.3) is 0 Å². The van der Waals surface area contributed by atoms with Gasteiger partial charge in [-0.1, -0.05) is 6.92 Å². The van der Waals surface area contributed by atoms with Crippen molar-refractivity contribution in [3.63, 3.8) is 0 Å². The monoisotopic (exact) mass is 383 g/mol. The second kappa shape index (κ2) is 5.82. The smallest absolute Gasteiger partial charge is 0.380 e. The van der Waals surface area contributed by atoms with Crippen molar-refractivity contribution in [2.24, 2.45) is 22.4 Å². The predicted molar refractivity (Wildman–Crippen MR) is 93.9 cm³/mol. The SMILES string of the molecule is C[C@]12CC[C@@H]3c4c(cc(O)cc4OS(N)(=O)=O)CC[C@H]3[C@@H]1C[C@@H](O)[C@@H]2O. The second-order valence-electron chi connectivity index (χ2n) is 8.30. The Balaban J connectivity index is 1.77. The number of fused-ring (bicyclic) bond motifs is 5. The molecule has 3 aliphatic rings. The van der Waals surface area contributed by atoms with Gasteiger partial charge in [-0.25, -0.2) is 0 Å². The van der Waals surface area contributed by atoms with Gasteiger partial charge in [0.15, 0.2) is 5.75 Å². The van der Waals surface area contributed by atoms with Crippen LogP contribution in [-0.4, -0.2) is 35.9 Å². The largest absolute Gasteiger partial charge is 0.508 e. The van der Waals surface area contributed by atoms with Gasteiger partial charge in [0, 0.05) is 11.6 Å². The first-order valence-corrected chi connectivity index (χ1v) is 10.5. The van der Waals surface area contributed by atoms with Crippen LogP contribution in [0.4, 0.5) is 0 Å². The minimum absolute atomic E-state index is 0.0480.